The van der Waals surface area contributed by atoms with Crippen molar-refractivity contribution in [3.8, 4) is 0 Å². The van der Waals surface area contributed by atoms with Crippen molar-refractivity contribution in [1.29, 1.82) is 0 Å². The van der Waals surface area contributed by atoms with Gasteiger partial charge in [0.05, 0.1) is 5.56 Å². The van der Waals surface area contributed by atoms with Gasteiger partial charge < -0.3 is 10.6 Å². The molecule has 2 N–H and O–H groups in total. The zero-order valence-corrected chi connectivity index (χ0v) is 12.0. The molecule has 0 spiro atoms. The van der Waals surface area contributed by atoms with Gasteiger partial charge in [0.2, 0.25) is 5.91 Å². The van der Waals surface area contributed by atoms with Gasteiger partial charge in [0.1, 0.15) is 0 Å². The van der Waals surface area contributed by atoms with Gasteiger partial charge in [-0.2, -0.15) is 0 Å². The number of pyridine rings is 1. The molecule has 1 aromatic carbocycles. The van der Waals surface area contributed by atoms with Crippen molar-refractivity contribution in [3.05, 3.63) is 53.9 Å². The molecular weight excluding hydrogens is 266 g/mol. The average molecular weight is 283 g/mol. The number of carbonyl (C=O) groups is 2. The maximum absolute atomic E-state index is 12.1. The largest absolute Gasteiger partial charge is 0.326 e. The molecule has 5 nitrogen and oxygen atoms in total. The van der Waals surface area contributed by atoms with E-state index in [1.807, 2.05) is 13.0 Å². The molecule has 0 saturated carbocycles. The molecule has 0 aliphatic heterocycles. The molecule has 0 atom stereocenters. The molecule has 0 radical (unpaired) electrons. The van der Waals surface area contributed by atoms with E-state index in [9.17, 15) is 9.59 Å². The van der Waals surface area contributed by atoms with E-state index in [1.54, 1.807) is 37.4 Å². The zero-order valence-electron chi connectivity index (χ0n) is 12.0. The highest BCUT2D eigenvalue weighted by molar-refractivity contribution is 6.04. The summed E-state index contributed by atoms with van der Waals surface area (Å²) in [5, 5.41) is 5.60. The first-order chi connectivity index (χ1) is 10.1. The normalized spacial score (nSPS) is 10.0. The zero-order chi connectivity index (χ0) is 15.2. The summed E-state index contributed by atoms with van der Waals surface area (Å²) in [6, 6.07) is 8.79. The van der Waals surface area contributed by atoms with Gasteiger partial charge in [0.25, 0.3) is 5.91 Å². The molecule has 0 saturated heterocycles. The Morgan fingerprint density at radius 3 is 2.67 bits per heavy atom. The Morgan fingerprint density at radius 2 is 2.00 bits per heavy atom. The van der Waals surface area contributed by atoms with Crippen LogP contribution in [0.1, 0.15) is 29.3 Å². The van der Waals surface area contributed by atoms with Crippen LogP contribution in [0.4, 0.5) is 11.4 Å². The molecule has 0 fully saturated rings. The maximum Gasteiger partial charge on any atom is 0.257 e. The topological polar surface area (TPSA) is 71.1 Å². The first-order valence-electron chi connectivity index (χ1n) is 6.72. The van der Waals surface area contributed by atoms with Crippen LogP contribution in [0.15, 0.2) is 42.7 Å². The lowest BCUT2D eigenvalue weighted by molar-refractivity contribution is -0.115. The van der Waals surface area contributed by atoms with E-state index in [0.29, 0.717) is 23.4 Å². The van der Waals surface area contributed by atoms with Gasteiger partial charge in [0, 0.05) is 30.2 Å². The number of carbonyl (C=O) groups excluding carboxylic acids is 2. The smallest absolute Gasteiger partial charge is 0.257 e. The molecule has 2 aromatic rings. The summed E-state index contributed by atoms with van der Waals surface area (Å²) in [6.07, 6.45) is 3.52. The van der Waals surface area contributed by atoms with Crippen molar-refractivity contribution in [2.24, 2.45) is 0 Å². The number of hydrogen-bond acceptors (Lipinski definition) is 3. The van der Waals surface area contributed by atoms with E-state index in [4.69, 9.17) is 0 Å². The van der Waals surface area contributed by atoms with Crippen LogP contribution in [0.25, 0.3) is 0 Å². The second-order valence-electron chi connectivity index (χ2n) is 4.63. The van der Waals surface area contributed by atoms with Gasteiger partial charge in [-0.25, -0.2) is 0 Å². The third-order valence-corrected chi connectivity index (χ3v) is 3.01. The Kier molecular flexibility index (Phi) is 4.66. The number of benzene rings is 1. The number of rotatable bonds is 4. The quantitative estimate of drug-likeness (QED) is 0.906. The summed E-state index contributed by atoms with van der Waals surface area (Å²) in [5.74, 6) is -0.298. The van der Waals surface area contributed by atoms with Crippen molar-refractivity contribution in [1.82, 2.24) is 4.98 Å². The van der Waals surface area contributed by atoms with Crippen molar-refractivity contribution in [2.75, 3.05) is 10.6 Å². The van der Waals surface area contributed by atoms with E-state index >= 15 is 0 Å². The molecule has 2 rings (SSSR count). The summed E-state index contributed by atoms with van der Waals surface area (Å²) < 4.78 is 0. The van der Waals surface area contributed by atoms with Gasteiger partial charge in [-0.1, -0.05) is 13.0 Å². The molecular formula is C16H17N3O2. The van der Waals surface area contributed by atoms with E-state index in [1.165, 1.54) is 6.20 Å². The standard InChI is InChI=1S/C16H17N3O2/c1-3-15(20)19-14-9-13(7-6-11(14)2)18-16(21)12-5-4-8-17-10-12/h4-10H,3H2,1-2H3,(H,18,21)(H,19,20). The number of amides is 2. The second kappa shape index (κ2) is 6.65. The number of aromatic nitrogens is 1. The Hall–Kier alpha value is -2.69. The predicted molar refractivity (Wildman–Crippen MR) is 82.3 cm³/mol. The van der Waals surface area contributed by atoms with E-state index in [2.05, 4.69) is 15.6 Å². The lowest BCUT2D eigenvalue weighted by Crippen LogP contribution is -2.14. The Morgan fingerprint density at radius 1 is 1.19 bits per heavy atom. The van der Waals surface area contributed by atoms with E-state index < -0.39 is 0 Å². The molecule has 1 heterocycles. The van der Waals surface area contributed by atoms with Crippen molar-refractivity contribution >= 4 is 23.2 Å². The van der Waals surface area contributed by atoms with E-state index in [0.717, 1.165) is 5.56 Å². The van der Waals surface area contributed by atoms with Crippen LogP contribution in [-0.2, 0) is 4.79 Å². The Bertz CT molecular complexity index is 654. The van der Waals surface area contributed by atoms with Crippen LogP contribution in [0, 0.1) is 6.92 Å². The molecule has 0 bridgehead atoms. The van der Waals surface area contributed by atoms with Crippen LogP contribution in [-0.4, -0.2) is 16.8 Å². The van der Waals surface area contributed by atoms with Crippen molar-refractivity contribution < 1.29 is 9.59 Å². The van der Waals surface area contributed by atoms with Gasteiger partial charge in [-0.3, -0.25) is 14.6 Å². The van der Waals surface area contributed by atoms with Crippen LogP contribution in [0.5, 0.6) is 0 Å². The SMILES string of the molecule is CCC(=O)Nc1cc(NC(=O)c2cccnc2)ccc1C. The number of anilines is 2. The highest BCUT2D eigenvalue weighted by Crippen LogP contribution is 2.21. The lowest BCUT2D eigenvalue weighted by Gasteiger charge is -2.11. The molecule has 21 heavy (non-hydrogen) atoms. The maximum atomic E-state index is 12.1. The first kappa shape index (κ1) is 14.7. The molecule has 0 aliphatic carbocycles. The highest BCUT2D eigenvalue weighted by atomic mass is 16.2. The predicted octanol–water partition coefficient (Wildman–Crippen LogP) is 2.99. The number of nitrogens with zero attached hydrogens (tertiary/aromatic N) is 1. The Labute approximate surface area is 123 Å². The van der Waals surface area contributed by atoms with Gasteiger partial charge in [-0.05, 0) is 36.8 Å². The van der Waals surface area contributed by atoms with Crippen LogP contribution >= 0.6 is 0 Å². The first-order valence-corrected chi connectivity index (χ1v) is 6.72. The second-order valence-corrected chi connectivity index (χ2v) is 4.63. The fourth-order valence-electron chi connectivity index (χ4n) is 1.77. The molecule has 5 heteroatoms. The van der Waals surface area contributed by atoms with Gasteiger partial charge in [-0.15, -0.1) is 0 Å². The van der Waals surface area contributed by atoms with Crippen molar-refractivity contribution in [3.63, 3.8) is 0 Å². The fraction of sp³-hybridized carbons (Fsp3) is 0.188. The van der Waals surface area contributed by atoms with Crippen LogP contribution in [0.3, 0.4) is 0 Å². The minimum absolute atomic E-state index is 0.0613. The third kappa shape index (κ3) is 3.89. The van der Waals surface area contributed by atoms with Crippen LogP contribution < -0.4 is 10.6 Å². The van der Waals surface area contributed by atoms with Gasteiger partial charge >= 0.3 is 0 Å². The van der Waals surface area contributed by atoms with Crippen molar-refractivity contribution in [2.45, 2.75) is 20.3 Å². The monoisotopic (exact) mass is 283 g/mol. The molecule has 0 aliphatic rings. The molecule has 1 aromatic heterocycles. The summed E-state index contributed by atoms with van der Waals surface area (Å²) >= 11 is 0. The third-order valence-electron chi connectivity index (χ3n) is 3.01. The van der Waals surface area contributed by atoms with E-state index in [-0.39, 0.29) is 11.8 Å². The molecule has 108 valence electrons. The average Bonchev–Trinajstić information content (AvgIpc) is 2.51. The molecule has 2 amide bonds. The highest BCUT2D eigenvalue weighted by Gasteiger charge is 2.08. The summed E-state index contributed by atoms with van der Waals surface area (Å²) in [4.78, 5) is 27.4. The number of aryl methyl sites for hydroxylation is 1. The lowest BCUT2D eigenvalue weighted by atomic mass is 10.1. The summed E-state index contributed by atoms with van der Waals surface area (Å²) in [6.45, 7) is 3.69. The minimum atomic E-state index is -0.236. The summed E-state index contributed by atoms with van der Waals surface area (Å²) in [5.41, 5.74) is 2.75. The number of nitrogens with one attached hydrogen (secondary N) is 2. The van der Waals surface area contributed by atoms with Crippen LogP contribution in [0.2, 0.25) is 0 Å². The Balaban J connectivity index is 2.16. The fourth-order valence-corrected chi connectivity index (χ4v) is 1.77. The number of hydrogen-bond donors (Lipinski definition) is 2. The minimum Gasteiger partial charge on any atom is -0.326 e. The molecule has 0 unspecified atom stereocenters. The van der Waals surface area contributed by atoms with Gasteiger partial charge in [0.15, 0.2) is 0 Å². The summed E-state index contributed by atoms with van der Waals surface area (Å²) in [7, 11) is 0.